The summed E-state index contributed by atoms with van der Waals surface area (Å²) in [5, 5.41) is -0.273. The molecule has 3 nitrogen and oxygen atoms in total. The zero-order valence-corrected chi connectivity index (χ0v) is 9.11. The van der Waals surface area contributed by atoms with Crippen molar-refractivity contribution < 1.29 is 8.42 Å². The Hall–Kier alpha value is -0.0900. The lowest BCUT2D eigenvalue weighted by Gasteiger charge is -2.12. The van der Waals surface area contributed by atoms with Gasteiger partial charge in [0.2, 0.25) is 10.0 Å². The fourth-order valence-corrected chi connectivity index (χ4v) is 1.77. The van der Waals surface area contributed by atoms with E-state index in [2.05, 4.69) is 18.6 Å². The van der Waals surface area contributed by atoms with Crippen molar-refractivity contribution in [3.05, 3.63) is 0 Å². The van der Waals surface area contributed by atoms with Gasteiger partial charge in [-0.3, -0.25) is 0 Å². The summed E-state index contributed by atoms with van der Waals surface area (Å²) in [4.78, 5) is 0. The lowest BCUT2D eigenvalue weighted by atomic mass is 10.1. The van der Waals surface area contributed by atoms with E-state index in [1.165, 1.54) is 7.05 Å². The van der Waals surface area contributed by atoms with E-state index in [1.807, 2.05) is 0 Å². The molecule has 0 bridgehead atoms. The molecular formula is C8H19NO2S. The van der Waals surface area contributed by atoms with Crippen LogP contribution in [0.1, 0.15) is 33.6 Å². The highest BCUT2D eigenvalue weighted by Gasteiger charge is 2.17. The SMILES string of the molecule is CNS(=O)(=O)C(C)CCC(C)C. The van der Waals surface area contributed by atoms with E-state index >= 15 is 0 Å². The van der Waals surface area contributed by atoms with E-state index in [-0.39, 0.29) is 5.25 Å². The molecule has 0 heterocycles. The molecule has 12 heavy (non-hydrogen) atoms. The summed E-state index contributed by atoms with van der Waals surface area (Å²) in [6.07, 6.45) is 1.70. The third-order valence-electron chi connectivity index (χ3n) is 1.96. The molecule has 0 aliphatic rings. The first-order valence-electron chi connectivity index (χ1n) is 4.32. The third-order valence-corrected chi connectivity index (χ3v) is 3.83. The van der Waals surface area contributed by atoms with Crippen LogP contribution in [0.15, 0.2) is 0 Å². The Bertz CT molecular complexity index is 209. The average molecular weight is 193 g/mol. The van der Waals surface area contributed by atoms with Gasteiger partial charge >= 0.3 is 0 Å². The Morgan fingerprint density at radius 1 is 1.17 bits per heavy atom. The Kier molecular flexibility index (Phi) is 4.78. The second kappa shape index (κ2) is 4.82. The lowest BCUT2D eigenvalue weighted by Crippen LogP contribution is -2.29. The summed E-state index contributed by atoms with van der Waals surface area (Å²) in [7, 11) is -1.58. The Morgan fingerprint density at radius 3 is 2.00 bits per heavy atom. The third kappa shape index (κ3) is 4.07. The molecule has 0 aliphatic carbocycles. The van der Waals surface area contributed by atoms with E-state index in [0.29, 0.717) is 5.92 Å². The van der Waals surface area contributed by atoms with Crippen molar-refractivity contribution in [1.29, 1.82) is 0 Å². The van der Waals surface area contributed by atoms with Gasteiger partial charge in [0.05, 0.1) is 5.25 Å². The molecule has 0 aromatic heterocycles. The maximum absolute atomic E-state index is 11.2. The molecular weight excluding hydrogens is 174 g/mol. The molecule has 0 spiro atoms. The molecule has 0 fully saturated rings. The summed E-state index contributed by atoms with van der Waals surface area (Å²) in [5.41, 5.74) is 0. The van der Waals surface area contributed by atoms with Crippen LogP contribution in [-0.4, -0.2) is 20.7 Å². The molecule has 0 rings (SSSR count). The largest absolute Gasteiger partial charge is 0.218 e. The van der Waals surface area contributed by atoms with E-state index in [9.17, 15) is 8.42 Å². The van der Waals surface area contributed by atoms with Gasteiger partial charge in [0.25, 0.3) is 0 Å². The summed E-state index contributed by atoms with van der Waals surface area (Å²) >= 11 is 0. The number of hydrogen-bond donors (Lipinski definition) is 1. The van der Waals surface area contributed by atoms with Gasteiger partial charge in [-0.05, 0) is 32.7 Å². The summed E-state index contributed by atoms with van der Waals surface area (Å²) in [6.45, 7) is 5.94. The number of hydrogen-bond acceptors (Lipinski definition) is 2. The first-order chi connectivity index (χ1) is 5.40. The standard InChI is InChI=1S/C8H19NO2S/c1-7(2)5-6-8(3)12(10,11)9-4/h7-9H,5-6H2,1-4H3. The molecule has 0 radical (unpaired) electrons. The summed E-state index contributed by atoms with van der Waals surface area (Å²) in [6, 6.07) is 0. The maximum Gasteiger partial charge on any atom is 0.213 e. The molecule has 4 heteroatoms. The van der Waals surface area contributed by atoms with Crippen molar-refractivity contribution >= 4 is 10.0 Å². The average Bonchev–Trinajstić information content (AvgIpc) is 2.00. The molecule has 74 valence electrons. The van der Waals surface area contributed by atoms with Crippen molar-refractivity contribution in [2.24, 2.45) is 5.92 Å². The van der Waals surface area contributed by atoms with Gasteiger partial charge in [0.15, 0.2) is 0 Å². The van der Waals surface area contributed by atoms with Gasteiger partial charge in [0.1, 0.15) is 0 Å². The van der Waals surface area contributed by atoms with Crippen LogP contribution in [0.2, 0.25) is 0 Å². The highest BCUT2D eigenvalue weighted by Crippen LogP contribution is 2.11. The van der Waals surface area contributed by atoms with Crippen molar-refractivity contribution in [2.45, 2.75) is 38.9 Å². The van der Waals surface area contributed by atoms with E-state index < -0.39 is 10.0 Å². The van der Waals surface area contributed by atoms with Gasteiger partial charge < -0.3 is 0 Å². The van der Waals surface area contributed by atoms with Gasteiger partial charge in [-0.25, -0.2) is 13.1 Å². The highest BCUT2D eigenvalue weighted by molar-refractivity contribution is 7.90. The molecule has 0 aliphatic heterocycles. The number of rotatable bonds is 5. The van der Waals surface area contributed by atoms with Crippen LogP contribution in [0.4, 0.5) is 0 Å². The van der Waals surface area contributed by atoms with Crippen LogP contribution < -0.4 is 4.72 Å². The van der Waals surface area contributed by atoms with Gasteiger partial charge in [-0.1, -0.05) is 13.8 Å². The van der Waals surface area contributed by atoms with Gasteiger partial charge in [-0.2, -0.15) is 0 Å². The topological polar surface area (TPSA) is 46.2 Å². The zero-order valence-electron chi connectivity index (χ0n) is 8.29. The normalized spacial score (nSPS) is 15.1. The van der Waals surface area contributed by atoms with E-state index in [0.717, 1.165) is 12.8 Å². The van der Waals surface area contributed by atoms with Crippen molar-refractivity contribution in [3.8, 4) is 0 Å². The molecule has 0 aromatic carbocycles. The van der Waals surface area contributed by atoms with Crippen molar-refractivity contribution in [2.75, 3.05) is 7.05 Å². The number of nitrogens with one attached hydrogen (secondary N) is 1. The number of sulfonamides is 1. The maximum atomic E-state index is 11.2. The van der Waals surface area contributed by atoms with Crippen LogP contribution in [0, 0.1) is 5.92 Å². The fourth-order valence-electron chi connectivity index (χ4n) is 0.924. The smallest absolute Gasteiger partial charge is 0.213 e. The molecule has 0 saturated heterocycles. The van der Waals surface area contributed by atoms with Gasteiger partial charge in [-0.15, -0.1) is 0 Å². The molecule has 0 amide bonds. The minimum atomic E-state index is -3.04. The molecule has 0 saturated carbocycles. The first kappa shape index (κ1) is 11.9. The Morgan fingerprint density at radius 2 is 1.67 bits per heavy atom. The predicted molar refractivity (Wildman–Crippen MR) is 51.5 cm³/mol. The van der Waals surface area contributed by atoms with E-state index in [4.69, 9.17) is 0 Å². The summed E-state index contributed by atoms with van der Waals surface area (Å²) < 4.78 is 24.7. The van der Waals surface area contributed by atoms with Crippen LogP contribution in [0.25, 0.3) is 0 Å². The first-order valence-corrected chi connectivity index (χ1v) is 5.87. The minimum absolute atomic E-state index is 0.273. The molecule has 0 aromatic rings. The molecule has 1 atom stereocenters. The van der Waals surface area contributed by atoms with Crippen LogP contribution in [0.3, 0.4) is 0 Å². The van der Waals surface area contributed by atoms with Gasteiger partial charge in [0, 0.05) is 0 Å². The minimum Gasteiger partial charge on any atom is -0.218 e. The van der Waals surface area contributed by atoms with Crippen LogP contribution >= 0.6 is 0 Å². The van der Waals surface area contributed by atoms with Crippen molar-refractivity contribution in [1.82, 2.24) is 4.72 Å². The monoisotopic (exact) mass is 193 g/mol. The zero-order chi connectivity index (χ0) is 9.78. The molecule has 1 N–H and O–H groups in total. The fraction of sp³-hybridized carbons (Fsp3) is 1.00. The predicted octanol–water partition coefficient (Wildman–Crippen LogP) is 1.36. The lowest BCUT2D eigenvalue weighted by molar-refractivity contribution is 0.526. The van der Waals surface area contributed by atoms with Crippen molar-refractivity contribution in [3.63, 3.8) is 0 Å². The van der Waals surface area contributed by atoms with E-state index in [1.54, 1.807) is 6.92 Å². The Labute approximate surface area is 75.6 Å². The van der Waals surface area contributed by atoms with Crippen LogP contribution in [0.5, 0.6) is 0 Å². The highest BCUT2D eigenvalue weighted by atomic mass is 32.2. The van der Waals surface area contributed by atoms with Crippen LogP contribution in [-0.2, 0) is 10.0 Å². The second-order valence-corrected chi connectivity index (χ2v) is 5.83. The quantitative estimate of drug-likeness (QED) is 0.716. The Balaban J connectivity index is 3.96. The summed E-state index contributed by atoms with van der Waals surface area (Å²) in [5.74, 6) is 0.569. The second-order valence-electron chi connectivity index (χ2n) is 3.53. The molecule has 1 unspecified atom stereocenters.